The van der Waals surface area contributed by atoms with Crippen molar-refractivity contribution in [1.82, 2.24) is 0 Å². The molecule has 104 valence electrons. The number of aryl methyl sites for hydroxylation is 1. The van der Waals surface area contributed by atoms with Crippen LogP contribution in [0.25, 0.3) is 0 Å². The maximum absolute atomic E-state index is 13.6. The van der Waals surface area contributed by atoms with Crippen molar-refractivity contribution in [3.05, 3.63) is 63.9 Å². The number of benzene rings is 2. The van der Waals surface area contributed by atoms with Crippen molar-refractivity contribution in [2.75, 3.05) is 5.32 Å². The molecular weight excluding hydrogens is 281 g/mol. The molecule has 0 saturated carbocycles. The van der Waals surface area contributed by atoms with Crippen LogP contribution in [0.2, 0.25) is 5.02 Å². The topological polar surface area (TPSA) is 49.3 Å². The molecule has 2 aromatic carbocycles. The van der Waals surface area contributed by atoms with Crippen molar-refractivity contribution < 1.29 is 14.3 Å². The fourth-order valence-electron chi connectivity index (χ4n) is 1.89. The first-order valence-electron chi connectivity index (χ1n) is 5.99. The quantitative estimate of drug-likeness (QED) is 0.892. The molecule has 0 aliphatic heterocycles. The number of para-hydroxylation sites is 1. The Kier molecular flexibility index (Phi) is 4.25. The van der Waals surface area contributed by atoms with Gasteiger partial charge in [-0.25, -0.2) is 9.18 Å². The van der Waals surface area contributed by atoms with Gasteiger partial charge < -0.3 is 10.4 Å². The molecule has 0 saturated heterocycles. The molecule has 2 N–H and O–H groups in total. The summed E-state index contributed by atoms with van der Waals surface area (Å²) in [4.78, 5) is 10.7. The number of hydrogen-bond acceptors (Lipinski definition) is 2. The smallest absolute Gasteiger partial charge is 0.338 e. The first kappa shape index (κ1) is 14.3. The molecular formula is C15H13ClFNO2. The molecule has 0 bridgehead atoms. The second-order valence-electron chi connectivity index (χ2n) is 4.40. The van der Waals surface area contributed by atoms with E-state index in [2.05, 4.69) is 5.32 Å². The van der Waals surface area contributed by atoms with Gasteiger partial charge in [-0.3, -0.25) is 0 Å². The average Bonchev–Trinajstić information content (AvgIpc) is 2.37. The lowest BCUT2D eigenvalue weighted by Gasteiger charge is -2.11. The predicted octanol–water partition coefficient (Wildman–Crippen LogP) is 4.10. The number of anilines is 1. The second-order valence-corrected chi connectivity index (χ2v) is 4.81. The highest BCUT2D eigenvalue weighted by atomic mass is 35.5. The van der Waals surface area contributed by atoms with Crippen LogP contribution in [-0.2, 0) is 6.54 Å². The molecule has 0 aromatic heterocycles. The zero-order valence-corrected chi connectivity index (χ0v) is 11.5. The number of aromatic carboxylic acids is 1. The molecule has 0 spiro atoms. The Hall–Kier alpha value is -2.07. The molecule has 0 heterocycles. The van der Waals surface area contributed by atoms with E-state index < -0.39 is 11.8 Å². The van der Waals surface area contributed by atoms with Gasteiger partial charge in [-0.1, -0.05) is 29.8 Å². The summed E-state index contributed by atoms with van der Waals surface area (Å²) >= 11 is 6.08. The Labute approximate surface area is 121 Å². The van der Waals surface area contributed by atoms with Crippen molar-refractivity contribution >= 4 is 23.3 Å². The molecule has 2 aromatic rings. The fourth-order valence-corrected chi connectivity index (χ4v) is 2.18. The van der Waals surface area contributed by atoms with E-state index in [1.165, 1.54) is 12.1 Å². The van der Waals surface area contributed by atoms with Gasteiger partial charge in [0.15, 0.2) is 0 Å². The number of carbonyl (C=O) groups is 1. The number of carboxylic acids is 1. The molecule has 0 aliphatic carbocycles. The van der Waals surface area contributed by atoms with E-state index in [-0.39, 0.29) is 5.56 Å². The number of halogens is 2. The van der Waals surface area contributed by atoms with E-state index >= 15 is 0 Å². The monoisotopic (exact) mass is 293 g/mol. The number of hydrogen-bond donors (Lipinski definition) is 2. The molecule has 0 radical (unpaired) electrons. The third-order valence-corrected chi connectivity index (χ3v) is 3.27. The Morgan fingerprint density at radius 2 is 2.10 bits per heavy atom. The Morgan fingerprint density at radius 3 is 2.70 bits per heavy atom. The van der Waals surface area contributed by atoms with E-state index in [9.17, 15) is 9.18 Å². The summed E-state index contributed by atoms with van der Waals surface area (Å²) in [5, 5.41) is 12.5. The maximum atomic E-state index is 13.6. The summed E-state index contributed by atoms with van der Waals surface area (Å²) < 4.78 is 13.6. The third-order valence-electron chi connectivity index (χ3n) is 2.96. The summed E-state index contributed by atoms with van der Waals surface area (Å²) in [5.41, 5.74) is 2.09. The van der Waals surface area contributed by atoms with E-state index in [1.54, 1.807) is 12.1 Å². The van der Waals surface area contributed by atoms with Crippen molar-refractivity contribution in [2.45, 2.75) is 13.5 Å². The average molecular weight is 294 g/mol. The van der Waals surface area contributed by atoms with Gasteiger partial charge in [0.1, 0.15) is 5.82 Å². The minimum Gasteiger partial charge on any atom is -0.478 e. The van der Waals surface area contributed by atoms with Crippen LogP contribution in [0.1, 0.15) is 21.5 Å². The van der Waals surface area contributed by atoms with Crippen LogP contribution in [0.4, 0.5) is 10.1 Å². The summed E-state index contributed by atoms with van der Waals surface area (Å²) in [7, 11) is 0. The second kappa shape index (κ2) is 5.92. The molecule has 0 atom stereocenters. The number of rotatable bonds is 4. The normalized spacial score (nSPS) is 10.3. The molecule has 5 heteroatoms. The molecule has 0 unspecified atom stereocenters. The van der Waals surface area contributed by atoms with Crippen molar-refractivity contribution in [1.29, 1.82) is 0 Å². The van der Waals surface area contributed by atoms with Crippen LogP contribution >= 0.6 is 11.6 Å². The molecule has 2 rings (SSSR count). The lowest BCUT2D eigenvalue weighted by Crippen LogP contribution is -2.05. The first-order chi connectivity index (χ1) is 9.49. The third kappa shape index (κ3) is 3.08. The highest BCUT2D eigenvalue weighted by molar-refractivity contribution is 6.33. The van der Waals surface area contributed by atoms with Gasteiger partial charge in [0, 0.05) is 6.54 Å². The largest absolute Gasteiger partial charge is 0.478 e. The summed E-state index contributed by atoms with van der Waals surface area (Å²) in [6, 6.07) is 9.58. The summed E-state index contributed by atoms with van der Waals surface area (Å²) in [5.74, 6) is -2.02. The summed E-state index contributed by atoms with van der Waals surface area (Å²) in [6.45, 7) is 2.28. The standard InChI is InChI=1S/C15H13ClFNO2/c1-9-3-2-4-12(16)14(9)18-8-10-5-6-11(15(19)20)13(17)7-10/h2-7,18H,8H2,1H3,(H,19,20). The van der Waals surface area contributed by atoms with E-state index in [0.717, 1.165) is 11.3 Å². The lowest BCUT2D eigenvalue weighted by molar-refractivity contribution is 0.0692. The van der Waals surface area contributed by atoms with Gasteiger partial charge in [0.25, 0.3) is 0 Å². The highest BCUT2D eigenvalue weighted by Crippen LogP contribution is 2.25. The van der Waals surface area contributed by atoms with Crippen molar-refractivity contribution in [3.8, 4) is 0 Å². The van der Waals surface area contributed by atoms with Crippen LogP contribution in [0, 0.1) is 12.7 Å². The van der Waals surface area contributed by atoms with Crippen molar-refractivity contribution in [3.63, 3.8) is 0 Å². The first-order valence-corrected chi connectivity index (χ1v) is 6.37. The van der Waals surface area contributed by atoms with E-state index in [0.29, 0.717) is 17.1 Å². The van der Waals surface area contributed by atoms with Crippen LogP contribution in [0.5, 0.6) is 0 Å². The minimum absolute atomic E-state index is 0.331. The highest BCUT2D eigenvalue weighted by Gasteiger charge is 2.10. The van der Waals surface area contributed by atoms with Crippen LogP contribution in [0.15, 0.2) is 36.4 Å². The zero-order chi connectivity index (χ0) is 14.7. The van der Waals surface area contributed by atoms with E-state index in [4.69, 9.17) is 16.7 Å². The zero-order valence-electron chi connectivity index (χ0n) is 10.8. The Morgan fingerprint density at radius 1 is 1.35 bits per heavy atom. The van der Waals surface area contributed by atoms with Crippen molar-refractivity contribution in [2.24, 2.45) is 0 Å². The molecule has 3 nitrogen and oxygen atoms in total. The lowest BCUT2D eigenvalue weighted by atomic mass is 10.1. The van der Waals surface area contributed by atoms with Gasteiger partial charge in [0.2, 0.25) is 0 Å². The van der Waals surface area contributed by atoms with Gasteiger partial charge in [-0.05, 0) is 36.2 Å². The van der Waals surface area contributed by atoms with Crippen LogP contribution in [0.3, 0.4) is 0 Å². The molecule has 20 heavy (non-hydrogen) atoms. The van der Waals surface area contributed by atoms with E-state index in [1.807, 2.05) is 19.1 Å². The summed E-state index contributed by atoms with van der Waals surface area (Å²) in [6.07, 6.45) is 0. The van der Waals surface area contributed by atoms with Gasteiger partial charge in [-0.2, -0.15) is 0 Å². The van der Waals surface area contributed by atoms with Crippen LogP contribution in [-0.4, -0.2) is 11.1 Å². The maximum Gasteiger partial charge on any atom is 0.338 e. The molecule has 0 amide bonds. The number of carboxylic acid groups (broad SMARTS) is 1. The van der Waals surface area contributed by atoms with Gasteiger partial charge >= 0.3 is 5.97 Å². The molecule has 0 aliphatic rings. The Bertz CT molecular complexity index is 638. The predicted molar refractivity (Wildman–Crippen MR) is 76.9 cm³/mol. The minimum atomic E-state index is -1.27. The molecule has 0 fully saturated rings. The Balaban J connectivity index is 2.16. The number of nitrogens with one attached hydrogen (secondary N) is 1. The fraction of sp³-hybridized carbons (Fsp3) is 0.133. The SMILES string of the molecule is Cc1cccc(Cl)c1NCc1ccc(C(=O)O)c(F)c1. The van der Waals surface area contributed by atoms with Gasteiger partial charge in [0.05, 0.1) is 16.3 Å². The van der Waals surface area contributed by atoms with Crippen LogP contribution < -0.4 is 5.32 Å². The van der Waals surface area contributed by atoms with Gasteiger partial charge in [-0.15, -0.1) is 0 Å².